The van der Waals surface area contributed by atoms with E-state index in [-0.39, 0.29) is 0 Å². The fourth-order valence-electron chi connectivity index (χ4n) is 2.01. The van der Waals surface area contributed by atoms with Crippen LogP contribution >= 0.6 is 11.6 Å². The highest BCUT2D eigenvalue weighted by Gasteiger charge is 2.22. The molecule has 14 heavy (non-hydrogen) atoms. The number of pyridine rings is 1. The predicted molar refractivity (Wildman–Crippen MR) is 59.7 cm³/mol. The van der Waals surface area contributed by atoms with Crippen LogP contribution < -0.4 is 5.32 Å². The lowest BCUT2D eigenvalue weighted by Crippen LogP contribution is -2.22. The van der Waals surface area contributed by atoms with E-state index in [4.69, 9.17) is 11.6 Å². The third kappa shape index (κ3) is 2.18. The maximum Gasteiger partial charge on any atom is 0.126 e. The summed E-state index contributed by atoms with van der Waals surface area (Å²) in [4.78, 5) is 4.23. The Kier molecular flexibility index (Phi) is 2.92. The van der Waals surface area contributed by atoms with Crippen molar-refractivity contribution in [2.75, 3.05) is 5.32 Å². The van der Waals surface area contributed by atoms with Gasteiger partial charge in [0.1, 0.15) is 5.82 Å². The molecule has 1 saturated carbocycles. The zero-order chi connectivity index (χ0) is 9.97. The number of halogens is 1. The molecular formula is C11H15ClN2. The van der Waals surface area contributed by atoms with E-state index >= 15 is 0 Å². The van der Waals surface area contributed by atoms with Gasteiger partial charge in [-0.1, -0.05) is 24.9 Å². The van der Waals surface area contributed by atoms with Crippen LogP contribution in [0.3, 0.4) is 0 Å². The fourth-order valence-corrected chi connectivity index (χ4v) is 2.12. The largest absolute Gasteiger partial charge is 0.367 e. The van der Waals surface area contributed by atoms with Gasteiger partial charge in [-0.3, -0.25) is 0 Å². The molecule has 0 saturated heterocycles. The maximum absolute atomic E-state index is 5.77. The molecule has 0 aromatic carbocycles. The summed E-state index contributed by atoms with van der Waals surface area (Å²) < 4.78 is 0. The highest BCUT2D eigenvalue weighted by Crippen LogP contribution is 2.27. The van der Waals surface area contributed by atoms with Crippen LogP contribution in [0.1, 0.15) is 26.2 Å². The summed E-state index contributed by atoms with van der Waals surface area (Å²) in [6.07, 6.45) is 5.59. The molecule has 76 valence electrons. The molecule has 0 spiro atoms. The Morgan fingerprint density at radius 3 is 2.86 bits per heavy atom. The summed E-state index contributed by atoms with van der Waals surface area (Å²) in [5, 5.41) is 4.14. The van der Waals surface area contributed by atoms with Gasteiger partial charge in [-0.15, -0.1) is 0 Å². The molecule has 1 heterocycles. The van der Waals surface area contributed by atoms with E-state index in [0.717, 1.165) is 11.7 Å². The summed E-state index contributed by atoms with van der Waals surface area (Å²) in [5.74, 6) is 1.70. The lowest BCUT2D eigenvalue weighted by molar-refractivity contribution is 0.555. The van der Waals surface area contributed by atoms with Crippen LogP contribution in [-0.4, -0.2) is 11.0 Å². The quantitative estimate of drug-likeness (QED) is 0.810. The van der Waals surface area contributed by atoms with Crippen molar-refractivity contribution in [3.8, 4) is 0 Å². The molecular weight excluding hydrogens is 196 g/mol. The minimum absolute atomic E-state index is 0.587. The minimum atomic E-state index is 0.587. The predicted octanol–water partition coefficient (Wildman–Crippen LogP) is 3.34. The second-order valence-corrected chi connectivity index (χ2v) is 4.46. The van der Waals surface area contributed by atoms with Gasteiger partial charge in [0.05, 0.1) is 5.02 Å². The van der Waals surface area contributed by atoms with Gasteiger partial charge in [0.2, 0.25) is 0 Å². The minimum Gasteiger partial charge on any atom is -0.367 e. The Balaban J connectivity index is 2.00. The van der Waals surface area contributed by atoms with E-state index in [1.807, 2.05) is 12.1 Å². The van der Waals surface area contributed by atoms with Crippen molar-refractivity contribution in [1.29, 1.82) is 0 Å². The summed E-state index contributed by atoms with van der Waals surface area (Å²) in [6.45, 7) is 2.29. The van der Waals surface area contributed by atoms with Gasteiger partial charge < -0.3 is 5.32 Å². The monoisotopic (exact) mass is 210 g/mol. The molecule has 2 atom stereocenters. The number of hydrogen-bond donors (Lipinski definition) is 1. The maximum atomic E-state index is 5.77. The number of nitrogens with zero attached hydrogens (tertiary/aromatic N) is 1. The second-order valence-electron chi connectivity index (χ2n) is 4.02. The second kappa shape index (κ2) is 4.18. The van der Waals surface area contributed by atoms with E-state index in [9.17, 15) is 0 Å². The first-order chi connectivity index (χ1) is 6.75. The smallest absolute Gasteiger partial charge is 0.126 e. The zero-order valence-corrected chi connectivity index (χ0v) is 9.09. The Morgan fingerprint density at radius 1 is 1.43 bits per heavy atom. The molecule has 2 nitrogen and oxygen atoms in total. The van der Waals surface area contributed by atoms with Crippen LogP contribution in [0.5, 0.6) is 0 Å². The third-order valence-corrected chi connectivity index (χ3v) is 3.15. The molecule has 2 unspecified atom stereocenters. The normalized spacial score (nSPS) is 26.4. The van der Waals surface area contributed by atoms with Gasteiger partial charge in [-0.2, -0.15) is 0 Å². The van der Waals surface area contributed by atoms with Crippen LogP contribution in [0.4, 0.5) is 5.82 Å². The zero-order valence-electron chi connectivity index (χ0n) is 8.33. The third-order valence-electron chi connectivity index (χ3n) is 2.92. The van der Waals surface area contributed by atoms with Crippen molar-refractivity contribution in [1.82, 2.24) is 4.98 Å². The molecule has 0 amide bonds. The van der Waals surface area contributed by atoms with Crippen molar-refractivity contribution >= 4 is 17.4 Å². The van der Waals surface area contributed by atoms with Crippen molar-refractivity contribution in [3.05, 3.63) is 23.4 Å². The molecule has 1 aromatic rings. The molecule has 0 aliphatic heterocycles. The molecule has 1 fully saturated rings. The van der Waals surface area contributed by atoms with Crippen LogP contribution in [0.25, 0.3) is 0 Å². The van der Waals surface area contributed by atoms with Crippen LogP contribution in [0.15, 0.2) is 18.3 Å². The first-order valence-corrected chi connectivity index (χ1v) is 5.51. The fraction of sp³-hybridized carbons (Fsp3) is 0.545. The number of anilines is 1. The highest BCUT2D eigenvalue weighted by atomic mass is 35.5. The Morgan fingerprint density at radius 2 is 2.29 bits per heavy atom. The van der Waals surface area contributed by atoms with Gasteiger partial charge >= 0.3 is 0 Å². The standard InChI is InChI=1S/C11H15ClN2/c1-8-3-2-4-10(8)14-11-6-5-9(12)7-13-11/h5-8,10H,2-4H2,1H3,(H,13,14). The number of nitrogens with one attached hydrogen (secondary N) is 1. The van der Waals surface area contributed by atoms with Gasteiger partial charge in [-0.25, -0.2) is 4.98 Å². The molecule has 0 radical (unpaired) electrons. The van der Waals surface area contributed by atoms with Crippen molar-refractivity contribution in [2.45, 2.75) is 32.2 Å². The Bertz CT molecular complexity index is 297. The summed E-state index contributed by atoms with van der Waals surface area (Å²) in [5.41, 5.74) is 0. The van der Waals surface area contributed by atoms with E-state index in [2.05, 4.69) is 17.2 Å². The molecule has 1 aliphatic rings. The average molecular weight is 211 g/mol. The Hall–Kier alpha value is -0.760. The molecule has 1 aliphatic carbocycles. The molecule has 0 bridgehead atoms. The van der Waals surface area contributed by atoms with Crippen molar-refractivity contribution in [3.63, 3.8) is 0 Å². The molecule has 1 N–H and O–H groups in total. The summed E-state index contributed by atoms with van der Waals surface area (Å²) >= 11 is 5.77. The number of rotatable bonds is 2. The van der Waals surface area contributed by atoms with Crippen LogP contribution in [-0.2, 0) is 0 Å². The highest BCUT2D eigenvalue weighted by molar-refractivity contribution is 6.30. The van der Waals surface area contributed by atoms with Gasteiger partial charge in [0, 0.05) is 12.2 Å². The number of hydrogen-bond acceptors (Lipinski definition) is 2. The van der Waals surface area contributed by atoms with E-state index < -0.39 is 0 Å². The van der Waals surface area contributed by atoms with Crippen molar-refractivity contribution in [2.24, 2.45) is 5.92 Å². The molecule has 3 heteroatoms. The first kappa shape index (κ1) is 9.78. The van der Waals surface area contributed by atoms with E-state index in [1.54, 1.807) is 6.20 Å². The first-order valence-electron chi connectivity index (χ1n) is 5.14. The molecule has 2 rings (SSSR count). The van der Waals surface area contributed by atoms with Crippen LogP contribution in [0, 0.1) is 5.92 Å². The van der Waals surface area contributed by atoms with Gasteiger partial charge in [0.25, 0.3) is 0 Å². The van der Waals surface area contributed by atoms with Gasteiger partial charge in [0.15, 0.2) is 0 Å². The van der Waals surface area contributed by atoms with E-state index in [0.29, 0.717) is 11.1 Å². The summed E-state index contributed by atoms with van der Waals surface area (Å²) in [6, 6.07) is 4.40. The van der Waals surface area contributed by atoms with Gasteiger partial charge in [-0.05, 0) is 30.9 Å². The summed E-state index contributed by atoms with van der Waals surface area (Å²) in [7, 11) is 0. The number of aromatic nitrogens is 1. The Labute approximate surface area is 89.7 Å². The van der Waals surface area contributed by atoms with Crippen LogP contribution in [0.2, 0.25) is 5.02 Å². The molecule has 1 aromatic heterocycles. The van der Waals surface area contributed by atoms with E-state index in [1.165, 1.54) is 19.3 Å². The lowest BCUT2D eigenvalue weighted by atomic mass is 10.1. The topological polar surface area (TPSA) is 24.9 Å². The SMILES string of the molecule is CC1CCCC1Nc1ccc(Cl)cn1. The average Bonchev–Trinajstić information content (AvgIpc) is 2.56. The van der Waals surface area contributed by atoms with Crippen molar-refractivity contribution < 1.29 is 0 Å². The lowest BCUT2D eigenvalue weighted by Gasteiger charge is -2.17.